The fraction of sp³-hybridized carbons (Fsp3) is 0.348. The van der Waals surface area contributed by atoms with Crippen molar-refractivity contribution in [2.24, 2.45) is 0 Å². The maximum atomic E-state index is 13.0. The highest BCUT2D eigenvalue weighted by Crippen LogP contribution is 2.27. The lowest BCUT2D eigenvalue weighted by molar-refractivity contribution is 0.0162. The third-order valence-electron chi connectivity index (χ3n) is 5.33. The van der Waals surface area contributed by atoms with Crippen molar-refractivity contribution in [3.8, 4) is 16.5 Å². The Balaban J connectivity index is 1.50. The van der Waals surface area contributed by atoms with Crippen LogP contribution in [0.4, 0.5) is 0 Å². The zero-order chi connectivity index (χ0) is 21.6. The van der Waals surface area contributed by atoms with Gasteiger partial charge in [0.15, 0.2) is 0 Å². The molecule has 1 saturated heterocycles. The molecule has 0 bridgehead atoms. The number of carbonyl (C=O) groups is 1. The summed E-state index contributed by atoms with van der Waals surface area (Å²) in [5, 5.41) is 3.88. The molecule has 1 atom stereocenters. The number of aryl methyl sites for hydroxylation is 1. The van der Waals surface area contributed by atoms with Gasteiger partial charge < -0.3 is 14.8 Å². The van der Waals surface area contributed by atoms with Gasteiger partial charge in [0.2, 0.25) is 0 Å². The first kappa shape index (κ1) is 21.4. The maximum Gasteiger partial charge on any atom is 0.263 e. The predicted molar refractivity (Wildman–Crippen MR) is 121 cm³/mol. The average Bonchev–Trinajstić information content (AvgIpc) is 3.22. The summed E-state index contributed by atoms with van der Waals surface area (Å²) in [5.74, 6) is 0.708. The molecule has 0 aliphatic carbocycles. The Labute approximate surface area is 186 Å². The van der Waals surface area contributed by atoms with E-state index in [-0.39, 0.29) is 11.9 Å². The minimum Gasteiger partial charge on any atom is -0.497 e. The number of hydrogen-bond acceptors (Lipinski definition) is 7. The highest BCUT2D eigenvalue weighted by atomic mass is 32.1. The molecule has 1 N–H and O–H groups in total. The molecule has 2 aromatic heterocycles. The third kappa shape index (κ3) is 5.10. The number of rotatable bonds is 7. The Morgan fingerprint density at radius 3 is 2.68 bits per heavy atom. The van der Waals surface area contributed by atoms with Crippen molar-refractivity contribution in [3.63, 3.8) is 0 Å². The van der Waals surface area contributed by atoms with E-state index in [2.05, 4.69) is 32.3 Å². The van der Waals surface area contributed by atoms with Crippen molar-refractivity contribution >= 4 is 17.2 Å². The first-order chi connectivity index (χ1) is 15.2. The highest BCUT2D eigenvalue weighted by Gasteiger charge is 2.24. The van der Waals surface area contributed by atoms with Crippen molar-refractivity contribution in [1.82, 2.24) is 20.2 Å². The Bertz CT molecular complexity index is 1000. The van der Waals surface area contributed by atoms with Crippen LogP contribution in [-0.4, -0.2) is 60.7 Å². The summed E-state index contributed by atoms with van der Waals surface area (Å²) in [4.78, 5) is 24.9. The first-order valence-corrected chi connectivity index (χ1v) is 11.1. The van der Waals surface area contributed by atoms with Gasteiger partial charge in [0.05, 0.1) is 37.8 Å². The van der Waals surface area contributed by atoms with E-state index in [1.54, 1.807) is 13.3 Å². The van der Waals surface area contributed by atoms with Gasteiger partial charge in [0.25, 0.3) is 5.91 Å². The molecule has 0 radical (unpaired) electrons. The number of amides is 1. The molecular formula is C23H26N4O3S. The standard InChI is InChI=1S/C23H26N4O3S/c1-16-21(31-23(26-16)19-5-3-4-10-24-19)22(28)25-15-20(27-11-13-30-14-12-27)17-6-8-18(29-2)9-7-17/h3-10,20H,11-15H2,1-2H3,(H,25,28). The molecule has 31 heavy (non-hydrogen) atoms. The summed E-state index contributed by atoms with van der Waals surface area (Å²) in [6.07, 6.45) is 1.73. The second-order valence-electron chi connectivity index (χ2n) is 7.30. The van der Waals surface area contributed by atoms with Crippen molar-refractivity contribution in [2.45, 2.75) is 13.0 Å². The molecule has 0 spiro atoms. The molecule has 1 amide bonds. The normalized spacial score (nSPS) is 15.4. The Kier molecular flexibility index (Phi) is 6.91. The monoisotopic (exact) mass is 438 g/mol. The number of thiazole rings is 1. The van der Waals surface area contributed by atoms with Crippen LogP contribution >= 0.6 is 11.3 Å². The quantitative estimate of drug-likeness (QED) is 0.610. The van der Waals surface area contributed by atoms with Crippen LogP contribution < -0.4 is 10.1 Å². The minimum atomic E-state index is -0.107. The fourth-order valence-corrected chi connectivity index (χ4v) is 4.61. The zero-order valence-electron chi connectivity index (χ0n) is 17.7. The van der Waals surface area contributed by atoms with Gasteiger partial charge in [-0.1, -0.05) is 18.2 Å². The summed E-state index contributed by atoms with van der Waals surface area (Å²) >= 11 is 1.37. The number of carbonyl (C=O) groups excluding carboxylic acids is 1. The molecule has 1 fully saturated rings. The Hall–Kier alpha value is -2.81. The van der Waals surface area contributed by atoms with Gasteiger partial charge in [-0.15, -0.1) is 11.3 Å². The smallest absolute Gasteiger partial charge is 0.263 e. The van der Waals surface area contributed by atoms with Crippen molar-refractivity contribution < 1.29 is 14.3 Å². The molecule has 1 unspecified atom stereocenters. The number of pyridine rings is 1. The van der Waals surface area contributed by atoms with E-state index in [1.165, 1.54) is 11.3 Å². The van der Waals surface area contributed by atoms with E-state index < -0.39 is 0 Å². The Morgan fingerprint density at radius 1 is 1.23 bits per heavy atom. The molecule has 162 valence electrons. The second-order valence-corrected chi connectivity index (χ2v) is 8.29. The second kappa shape index (κ2) is 10.00. The van der Waals surface area contributed by atoms with Crippen LogP contribution in [0.3, 0.4) is 0 Å². The van der Waals surface area contributed by atoms with Crippen molar-refractivity contribution in [1.29, 1.82) is 0 Å². The topological polar surface area (TPSA) is 76.6 Å². The van der Waals surface area contributed by atoms with Gasteiger partial charge in [-0.25, -0.2) is 4.98 Å². The summed E-state index contributed by atoms with van der Waals surface area (Å²) in [6, 6.07) is 13.8. The van der Waals surface area contributed by atoms with Crippen LogP contribution in [0, 0.1) is 6.92 Å². The van der Waals surface area contributed by atoms with Gasteiger partial charge in [0, 0.05) is 25.8 Å². The number of methoxy groups -OCH3 is 1. The van der Waals surface area contributed by atoms with E-state index in [4.69, 9.17) is 9.47 Å². The van der Waals surface area contributed by atoms with E-state index in [0.29, 0.717) is 24.6 Å². The van der Waals surface area contributed by atoms with Crippen LogP contribution in [0.25, 0.3) is 10.7 Å². The molecule has 1 aromatic carbocycles. The maximum absolute atomic E-state index is 13.0. The number of nitrogens with zero attached hydrogens (tertiary/aromatic N) is 3. The fourth-order valence-electron chi connectivity index (χ4n) is 3.65. The SMILES string of the molecule is COc1ccc(C(CNC(=O)c2sc(-c3ccccn3)nc2C)N2CCOCC2)cc1. The Morgan fingerprint density at radius 2 is 2.00 bits per heavy atom. The lowest BCUT2D eigenvalue weighted by atomic mass is 10.0. The highest BCUT2D eigenvalue weighted by molar-refractivity contribution is 7.17. The molecule has 7 nitrogen and oxygen atoms in total. The summed E-state index contributed by atoms with van der Waals surface area (Å²) in [5.41, 5.74) is 2.63. The molecule has 1 aliphatic heterocycles. The average molecular weight is 439 g/mol. The third-order valence-corrected chi connectivity index (χ3v) is 6.51. The lowest BCUT2D eigenvalue weighted by Gasteiger charge is -2.35. The van der Waals surface area contributed by atoms with E-state index in [1.807, 2.05) is 37.3 Å². The number of morpholine rings is 1. The van der Waals surface area contributed by atoms with Gasteiger partial charge >= 0.3 is 0 Å². The number of benzene rings is 1. The molecule has 3 aromatic rings. The summed E-state index contributed by atoms with van der Waals surface area (Å²) < 4.78 is 10.8. The number of nitrogens with one attached hydrogen (secondary N) is 1. The molecule has 1 aliphatic rings. The summed E-state index contributed by atoms with van der Waals surface area (Å²) in [6.45, 7) is 5.41. The molecule has 0 saturated carbocycles. The van der Waals surface area contributed by atoms with Crippen molar-refractivity contribution in [3.05, 3.63) is 64.8 Å². The zero-order valence-corrected chi connectivity index (χ0v) is 18.5. The number of hydrogen-bond donors (Lipinski definition) is 1. The molecule has 4 rings (SSSR count). The van der Waals surface area contributed by atoms with Crippen molar-refractivity contribution in [2.75, 3.05) is 40.0 Å². The van der Waals surface area contributed by atoms with Crippen LogP contribution in [0.5, 0.6) is 5.75 Å². The van der Waals surface area contributed by atoms with Gasteiger partial charge in [-0.2, -0.15) is 0 Å². The summed E-state index contributed by atoms with van der Waals surface area (Å²) in [7, 11) is 1.66. The van der Waals surface area contributed by atoms with E-state index in [9.17, 15) is 4.79 Å². The molecule has 8 heteroatoms. The van der Waals surface area contributed by atoms with Crippen LogP contribution in [0.15, 0.2) is 48.7 Å². The first-order valence-electron chi connectivity index (χ1n) is 10.3. The van der Waals surface area contributed by atoms with E-state index in [0.717, 1.165) is 40.8 Å². The van der Waals surface area contributed by atoms with Crippen LogP contribution in [0.1, 0.15) is 27.0 Å². The molecule has 3 heterocycles. The van der Waals surface area contributed by atoms with Crippen LogP contribution in [-0.2, 0) is 4.74 Å². The lowest BCUT2D eigenvalue weighted by Crippen LogP contribution is -2.43. The predicted octanol–water partition coefficient (Wildman–Crippen LogP) is 3.33. The van der Waals surface area contributed by atoms with Gasteiger partial charge in [-0.3, -0.25) is 14.7 Å². The number of aromatic nitrogens is 2. The van der Waals surface area contributed by atoms with Gasteiger partial charge in [0.1, 0.15) is 15.6 Å². The van der Waals surface area contributed by atoms with Gasteiger partial charge in [-0.05, 0) is 36.8 Å². The van der Waals surface area contributed by atoms with E-state index >= 15 is 0 Å². The minimum absolute atomic E-state index is 0.0576. The van der Waals surface area contributed by atoms with Crippen LogP contribution in [0.2, 0.25) is 0 Å². The number of ether oxygens (including phenoxy) is 2. The molecular weight excluding hydrogens is 412 g/mol. The largest absolute Gasteiger partial charge is 0.497 e.